The molecular formula is C27H24N2O6. The van der Waals surface area contributed by atoms with Gasteiger partial charge in [-0.15, -0.1) is 0 Å². The van der Waals surface area contributed by atoms with E-state index in [0.29, 0.717) is 29.9 Å². The van der Waals surface area contributed by atoms with Crippen molar-refractivity contribution in [2.45, 2.75) is 19.4 Å². The zero-order valence-corrected chi connectivity index (χ0v) is 19.1. The molecule has 35 heavy (non-hydrogen) atoms. The highest BCUT2D eigenvalue weighted by Gasteiger charge is 2.46. The molecule has 1 fully saturated rings. The Morgan fingerprint density at radius 2 is 1.77 bits per heavy atom. The van der Waals surface area contributed by atoms with Crippen LogP contribution < -0.4 is 4.74 Å². The van der Waals surface area contributed by atoms with Crippen molar-refractivity contribution < 1.29 is 24.4 Å². The van der Waals surface area contributed by atoms with Crippen LogP contribution in [0.2, 0.25) is 0 Å². The SMILES string of the molecule is CCOc1cccc(C(O)=C2C(=O)C(=O)N(CCc3ccccc3)C2c2cccc([N+](=O)[O-])c2)c1. The number of nitrogens with zero attached hydrogens (tertiary/aromatic N) is 2. The van der Waals surface area contributed by atoms with Gasteiger partial charge in [0.15, 0.2) is 0 Å². The van der Waals surface area contributed by atoms with Gasteiger partial charge < -0.3 is 14.7 Å². The summed E-state index contributed by atoms with van der Waals surface area (Å²) in [5, 5.41) is 22.6. The summed E-state index contributed by atoms with van der Waals surface area (Å²) in [6.07, 6.45) is 0.471. The summed E-state index contributed by atoms with van der Waals surface area (Å²) >= 11 is 0. The zero-order chi connectivity index (χ0) is 24.9. The van der Waals surface area contributed by atoms with Gasteiger partial charge in [-0.2, -0.15) is 0 Å². The number of nitro benzene ring substituents is 1. The minimum absolute atomic E-state index is 0.114. The molecular weight excluding hydrogens is 448 g/mol. The molecule has 1 amide bonds. The maximum atomic E-state index is 13.2. The molecule has 178 valence electrons. The molecule has 0 bridgehead atoms. The Kier molecular flexibility index (Phi) is 6.91. The predicted molar refractivity (Wildman–Crippen MR) is 130 cm³/mol. The van der Waals surface area contributed by atoms with Gasteiger partial charge in [-0.3, -0.25) is 19.7 Å². The Balaban J connectivity index is 1.82. The van der Waals surface area contributed by atoms with Crippen LogP contribution in [0.25, 0.3) is 5.76 Å². The second-order valence-corrected chi connectivity index (χ2v) is 8.04. The van der Waals surface area contributed by atoms with E-state index in [4.69, 9.17) is 4.74 Å². The zero-order valence-electron chi connectivity index (χ0n) is 19.1. The molecule has 3 aromatic carbocycles. The van der Waals surface area contributed by atoms with Crippen molar-refractivity contribution in [2.75, 3.05) is 13.2 Å². The third kappa shape index (κ3) is 4.91. The van der Waals surface area contributed by atoms with Crippen LogP contribution in [-0.4, -0.2) is 39.8 Å². The summed E-state index contributed by atoms with van der Waals surface area (Å²) in [7, 11) is 0. The Bertz CT molecular complexity index is 1300. The van der Waals surface area contributed by atoms with Crippen molar-refractivity contribution in [3.8, 4) is 5.75 Å². The van der Waals surface area contributed by atoms with E-state index in [1.807, 2.05) is 37.3 Å². The van der Waals surface area contributed by atoms with Gasteiger partial charge in [0.1, 0.15) is 11.5 Å². The summed E-state index contributed by atoms with van der Waals surface area (Å²) in [6, 6.07) is 20.9. The summed E-state index contributed by atoms with van der Waals surface area (Å²) < 4.78 is 5.50. The maximum Gasteiger partial charge on any atom is 0.295 e. The van der Waals surface area contributed by atoms with E-state index in [2.05, 4.69) is 0 Å². The molecule has 1 aliphatic rings. The fourth-order valence-corrected chi connectivity index (χ4v) is 4.22. The highest BCUT2D eigenvalue weighted by atomic mass is 16.6. The predicted octanol–water partition coefficient (Wildman–Crippen LogP) is 4.66. The number of ether oxygens (including phenoxy) is 1. The quantitative estimate of drug-likeness (QED) is 0.168. The lowest BCUT2D eigenvalue weighted by atomic mass is 9.94. The molecule has 0 saturated carbocycles. The number of aliphatic hydroxyl groups excluding tert-OH is 1. The molecule has 1 heterocycles. The fraction of sp³-hybridized carbons (Fsp3) is 0.185. The van der Waals surface area contributed by atoms with Gasteiger partial charge in [0.2, 0.25) is 0 Å². The van der Waals surface area contributed by atoms with E-state index in [1.165, 1.54) is 23.1 Å². The molecule has 8 heteroatoms. The van der Waals surface area contributed by atoms with Crippen LogP contribution in [0.3, 0.4) is 0 Å². The summed E-state index contributed by atoms with van der Waals surface area (Å²) in [6.45, 7) is 2.44. The molecule has 3 aromatic rings. The van der Waals surface area contributed by atoms with Crippen molar-refractivity contribution in [2.24, 2.45) is 0 Å². The lowest BCUT2D eigenvalue weighted by Gasteiger charge is -2.25. The molecule has 1 atom stereocenters. The summed E-state index contributed by atoms with van der Waals surface area (Å²) in [4.78, 5) is 38.5. The molecule has 1 saturated heterocycles. The van der Waals surface area contributed by atoms with Gasteiger partial charge in [0, 0.05) is 24.2 Å². The van der Waals surface area contributed by atoms with Crippen molar-refractivity contribution in [3.05, 3.63) is 111 Å². The van der Waals surface area contributed by atoms with E-state index in [0.717, 1.165) is 5.56 Å². The first-order valence-electron chi connectivity index (χ1n) is 11.2. The van der Waals surface area contributed by atoms with Crippen LogP contribution in [0.4, 0.5) is 5.69 Å². The van der Waals surface area contributed by atoms with E-state index in [1.54, 1.807) is 30.3 Å². The van der Waals surface area contributed by atoms with Crippen LogP contribution in [-0.2, 0) is 16.0 Å². The molecule has 1 unspecified atom stereocenters. The lowest BCUT2D eigenvalue weighted by Crippen LogP contribution is -2.31. The third-order valence-electron chi connectivity index (χ3n) is 5.84. The first-order valence-corrected chi connectivity index (χ1v) is 11.2. The number of benzene rings is 3. The first kappa shape index (κ1) is 23.7. The molecule has 0 aromatic heterocycles. The van der Waals surface area contributed by atoms with Crippen molar-refractivity contribution in [3.63, 3.8) is 0 Å². The number of nitro groups is 1. The van der Waals surface area contributed by atoms with Crippen molar-refractivity contribution >= 4 is 23.1 Å². The van der Waals surface area contributed by atoms with Gasteiger partial charge in [-0.1, -0.05) is 54.6 Å². The third-order valence-corrected chi connectivity index (χ3v) is 5.84. The van der Waals surface area contributed by atoms with Crippen LogP contribution >= 0.6 is 0 Å². The average molecular weight is 472 g/mol. The number of carbonyl (C=O) groups excluding carboxylic acids is 2. The molecule has 0 aliphatic carbocycles. The molecule has 0 spiro atoms. The first-order chi connectivity index (χ1) is 16.9. The number of carbonyl (C=O) groups is 2. The van der Waals surface area contributed by atoms with Crippen LogP contribution in [0, 0.1) is 10.1 Å². The Morgan fingerprint density at radius 1 is 1.03 bits per heavy atom. The second kappa shape index (κ2) is 10.2. The highest BCUT2D eigenvalue weighted by Crippen LogP contribution is 2.40. The molecule has 1 N–H and O–H groups in total. The topological polar surface area (TPSA) is 110 Å². The van der Waals surface area contributed by atoms with E-state index < -0.39 is 22.7 Å². The minimum atomic E-state index is -0.977. The van der Waals surface area contributed by atoms with Gasteiger partial charge in [0.05, 0.1) is 23.1 Å². The van der Waals surface area contributed by atoms with Crippen LogP contribution in [0.1, 0.15) is 29.7 Å². The monoisotopic (exact) mass is 472 g/mol. The van der Waals surface area contributed by atoms with E-state index in [-0.39, 0.29) is 23.6 Å². The highest BCUT2D eigenvalue weighted by molar-refractivity contribution is 6.46. The van der Waals surface area contributed by atoms with Crippen molar-refractivity contribution in [1.82, 2.24) is 4.90 Å². The number of hydrogen-bond donors (Lipinski definition) is 1. The smallest absolute Gasteiger partial charge is 0.295 e. The Morgan fingerprint density at radius 3 is 2.49 bits per heavy atom. The van der Waals surface area contributed by atoms with E-state index >= 15 is 0 Å². The van der Waals surface area contributed by atoms with Crippen LogP contribution in [0.15, 0.2) is 84.4 Å². The molecule has 4 rings (SSSR count). The average Bonchev–Trinajstić information content (AvgIpc) is 3.13. The fourth-order valence-electron chi connectivity index (χ4n) is 4.22. The molecule has 8 nitrogen and oxygen atoms in total. The van der Waals surface area contributed by atoms with Gasteiger partial charge in [-0.25, -0.2) is 0 Å². The minimum Gasteiger partial charge on any atom is -0.507 e. The van der Waals surface area contributed by atoms with Gasteiger partial charge in [0.25, 0.3) is 17.4 Å². The number of rotatable bonds is 8. The second-order valence-electron chi connectivity index (χ2n) is 8.04. The Labute approximate surface area is 202 Å². The lowest BCUT2D eigenvalue weighted by molar-refractivity contribution is -0.384. The van der Waals surface area contributed by atoms with Gasteiger partial charge in [-0.05, 0) is 36.6 Å². The number of non-ortho nitro benzene ring substituents is 1. The molecule has 1 aliphatic heterocycles. The summed E-state index contributed by atoms with van der Waals surface area (Å²) in [5.41, 5.74) is 1.37. The summed E-state index contributed by atoms with van der Waals surface area (Å²) in [5.74, 6) is -1.46. The Hall–Kier alpha value is -4.46. The normalized spacial score (nSPS) is 16.9. The van der Waals surface area contributed by atoms with Crippen LogP contribution in [0.5, 0.6) is 5.75 Å². The number of amides is 1. The number of likely N-dealkylation sites (tertiary alicyclic amines) is 1. The van der Waals surface area contributed by atoms with E-state index in [9.17, 15) is 24.8 Å². The van der Waals surface area contributed by atoms with Gasteiger partial charge >= 0.3 is 0 Å². The number of aliphatic hydroxyl groups is 1. The number of ketones is 1. The number of Topliss-reactive ketones (excluding diaryl/α,β-unsaturated/α-hetero) is 1. The largest absolute Gasteiger partial charge is 0.507 e. The van der Waals surface area contributed by atoms with Crippen molar-refractivity contribution in [1.29, 1.82) is 0 Å². The molecule has 0 radical (unpaired) electrons. The maximum absolute atomic E-state index is 13.2. The number of hydrogen-bond acceptors (Lipinski definition) is 6. The standard InChI is InChI=1S/C27H24N2O6/c1-2-35-22-13-7-11-20(17-22)25(30)23-24(19-10-6-12-21(16-19)29(33)34)28(27(32)26(23)31)15-14-18-8-4-3-5-9-18/h3-13,16-17,24,30H,2,14-15H2,1H3.